The van der Waals surface area contributed by atoms with Crippen LogP contribution >= 0.6 is 0 Å². The minimum absolute atomic E-state index is 0.289. The summed E-state index contributed by atoms with van der Waals surface area (Å²) in [6.45, 7) is 1.54. The molecule has 1 unspecified atom stereocenters. The van der Waals surface area contributed by atoms with Gasteiger partial charge in [-0.2, -0.15) is 4.98 Å². The molecule has 0 aliphatic rings. The third-order valence-corrected chi connectivity index (χ3v) is 4.12. The zero-order valence-corrected chi connectivity index (χ0v) is 14.6. The molecule has 1 amide bonds. The molecule has 0 radical (unpaired) electrons. The lowest BCUT2D eigenvalue weighted by molar-refractivity contribution is -0.138. The minimum atomic E-state index is -1.25. The van der Waals surface area contributed by atoms with E-state index in [0.29, 0.717) is 5.56 Å². The first kappa shape index (κ1) is 19.2. The molecule has 9 heteroatoms. The standard InChI is InChI=1S/C19H15F2N3O4/c1-19(10-14(25)26,11-6-3-2-4-7-11)23-17(27)16-22-18(28-24-16)12-8-5-9-13(20)15(12)21/h2-9H,10H2,1H3,(H,23,27)(H,25,26). The summed E-state index contributed by atoms with van der Waals surface area (Å²) in [5, 5.41) is 15.3. The first-order valence-corrected chi connectivity index (χ1v) is 8.18. The molecule has 0 spiro atoms. The van der Waals surface area contributed by atoms with Gasteiger partial charge in [0.15, 0.2) is 11.6 Å². The Morgan fingerprint density at radius 2 is 1.86 bits per heavy atom. The molecule has 28 heavy (non-hydrogen) atoms. The number of carbonyl (C=O) groups is 2. The highest BCUT2D eigenvalue weighted by molar-refractivity contribution is 5.91. The fourth-order valence-electron chi connectivity index (χ4n) is 2.73. The molecule has 3 rings (SSSR count). The predicted octanol–water partition coefficient (Wildman–Crippen LogP) is 3.13. The number of hydrogen-bond donors (Lipinski definition) is 2. The fourth-order valence-corrected chi connectivity index (χ4v) is 2.73. The van der Waals surface area contributed by atoms with E-state index < -0.39 is 41.3 Å². The molecule has 0 aliphatic carbocycles. The Balaban J connectivity index is 1.88. The monoisotopic (exact) mass is 387 g/mol. The summed E-state index contributed by atoms with van der Waals surface area (Å²) >= 11 is 0. The van der Waals surface area contributed by atoms with Crippen molar-refractivity contribution >= 4 is 11.9 Å². The fraction of sp³-hybridized carbons (Fsp3) is 0.158. The Morgan fingerprint density at radius 3 is 2.54 bits per heavy atom. The summed E-state index contributed by atoms with van der Waals surface area (Å²) in [5.41, 5.74) is -0.983. The van der Waals surface area contributed by atoms with Crippen molar-refractivity contribution < 1.29 is 28.0 Å². The number of aliphatic carboxylic acids is 1. The molecule has 144 valence electrons. The normalized spacial score (nSPS) is 13.0. The van der Waals surface area contributed by atoms with Crippen LogP contribution in [0, 0.1) is 11.6 Å². The van der Waals surface area contributed by atoms with E-state index in [0.717, 1.165) is 6.07 Å². The topological polar surface area (TPSA) is 105 Å². The molecule has 1 heterocycles. The van der Waals surface area contributed by atoms with E-state index in [2.05, 4.69) is 15.5 Å². The number of amides is 1. The van der Waals surface area contributed by atoms with E-state index in [1.54, 1.807) is 37.3 Å². The van der Waals surface area contributed by atoms with Crippen LogP contribution in [-0.4, -0.2) is 27.1 Å². The van der Waals surface area contributed by atoms with E-state index in [9.17, 15) is 23.5 Å². The van der Waals surface area contributed by atoms with Crippen molar-refractivity contribution in [1.82, 2.24) is 15.5 Å². The Hall–Kier alpha value is -3.62. The maximum absolute atomic E-state index is 13.9. The summed E-state index contributed by atoms with van der Waals surface area (Å²) in [5.74, 6) is -5.03. The highest BCUT2D eigenvalue weighted by Gasteiger charge is 2.33. The second-order valence-corrected chi connectivity index (χ2v) is 6.25. The number of nitrogens with zero attached hydrogens (tertiary/aromatic N) is 2. The molecule has 0 fully saturated rings. The quantitative estimate of drug-likeness (QED) is 0.673. The Kier molecular flexibility index (Phi) is 5.16. The van der Waals surface area contributed by atoms with Gasteiger partial charge in [0.25, 0.3) is 17.6 Å². The third kappa shape index (κ3) is 3.88. The van der Waals surface area contributed by atoms with Crippen LogP contribution in [0.2, 0.25) is 0 Å². The van der Waals surface area contributed by atoms with Crippen molar-refractivity contribution in [2.75, 3.05) is 0 Å². The number of carboxylic acids is 1. The van der Waals surface area contributed by atoms with E-state index in [1.165, 1.54) is 12.1 Å². The number of nitrogens with one attached hydrogen (secondary N) is 1. The molecule has 2 N–H and O–H groups in total. The van der Waals surface area contributed by atoms with Crippen molar-refractivity contribution in [3.05, 3.63) is 71.6 Å². The number of carboxylic acid groups (broad SMARTS) is 1. The van der Waals surface area contributed by atoms with Crippen LogP contribution in [0.3, 0.4) is 0 Å². The van der Waals surface area contributed by atoms with E-state index >= 15 is 0 Å². The molecule has 0 saturated heterocycles. The lowest BCUT2D eigenvalue weighted by atomic mass is 9.88. The van der Waals surface area contributed by atoms with Gasteiger partial charge in [0, 0.05) is 0 Å². The summed E-state index contributed by atoms with van der Waals surface area (Å²) in [6, 6.07) is 11.9. The highest BCUT2D eigenvalue weighted by atomic mass is 19.2. The lowest BCUT2D eigenvalue weighted by Gasteiger charge is -2.29. The van der Waals surface area contributed by atoms with Crippen LogP contribution in [0.5, 0.6) is 0 Å². The minimum Gasteiger partial charge on any atom is -0.481 e. The average Bonchev–Trinajstić information content (AvgIpc) is 3.14. The Labute approximate surface area is 158 Å². The van der Waals surface area contributed by atoms with Gasteiger partial charge >= 0.3 is 5.97 Å². The van der Waals surface area contributed by atoms with E-state index in [-0.39, 0.29) is 11.5 Å². The van der Waals surface area contributed by atoms with E-state index in [4.69, 9.17) is 4.52 Å². The van der Waals surface area contributed by atoms with Crippen LogP contribution in [0.25, 0.3) is 11.5 Å². The van der Waals surface area contributed by atoms with Gasteiger partial charge in [-0.25, -0.2) is 8.78 Å². The van der Waals surface area contributed by atoms with Gasteiger partial charge in [-0.3, -0.25) is 9.59 Å². The highest BCUT2D eigenvalue weighted by Crippen LogP contribution is 2.26. The second-order valence-electron chi connectivity index (χ2n) is 6.25. The van der Waals surface area contributed by atoms with Crippen LogP contribution in [0.15, 0.2) is 53.1 Å². The molecular formula is C19H15F2N3O4. The van der Waals surface area contributed by atoms with Gasteiger partial charge in [-0.05, 0) is 24.6 Å². The van der Waals surface area contributed by atoms with Gasteiger partial charge in [-0.15, -0.1) is 0 Å². The number of hydrogen-bond acceptors (Lipinski definition) is 5. The van der Waals surface area contributed by atoms with Crippen molar-refractivity contribution in [2.24, 2.45) is 0 Å². The summed E-state index contributed by atoms with van der Waals surface area (Å²) in [7, 11) is 0. The molecule has 0 saturated carbocycles. The molecule has 7 nitrogen and oxygen atoms in total. The molecule has 1 aromatic heterocycles. The maximum atomic E-state index is 13.9. The van der Waals surface area contributed by atoms with Crippen LogP contribution < -0.4 is 5.32 Å². The zero-order chi connectivity index (χ0) is 20.3. The second kappa shape index (κ2) is 7.55. The van der Waals surface area contributed by atoms with Crippen LogP contribution in [0.1, 0.15) is 29.5 Å². The number of rotatable bonds is 6. The smallest absolute Gasteiger partial charge is 0.306 e. The summed E-state index contributed by atoms with van der Waals surface area (Å²) < 4.78 is 32.1. The zero-order valence-electron chi connectivity index (χ0n) is 14.6. The molecule has 0 aliphatic heterocycles. The summed E-state index contributed by atoms with van der Waals surface area (Å²) in [6.07, 6.45) is -0.397. The molecule has 3 aromatic rings. The number of carbonyl (C=O) groups excluding carboxylic acids is 1. The van der Waals surface area contributed by atoms with Crippen LogP contribution in [-0.2, 0) is 10.3 Å². The SMILES string of the molecule is CC(CC(=O)O)(NC(=O)c1noc(-c2cccc(F)c2F)n1)c1ccccc1. The van der Waals surface area contributed by atoms with Crippen LogP contribution in [0.4, 0.5) is 8.78 Å². The third-order valence-electron chi connectivity index (χ3n) is 4.12. The molecule has 2 aromatic carbocycles. The lowest BCUT2D eigenvalue weighted by Crippen LogP contribution is -2.45. The van der Waals surface area contributed by atoms with Gasteiger partial charge in [0.2, 0.25) is 0 Å². The Bertz CT molecular complexity index is 1020. The number of halogens is 2. The summed E-state index contributed by atoms with van der Waals surface area (Å²) in [4.78, 5) is 27.6. The predicted molar refractivity (Wildman–Crippen MR) is 93.2 cm³/mol. The van der Waals surface area contributed by atoms with Gasteiger partial charge < -0.3 is 14.9 Å². The van der Waals surface area contributed by atoms with Crippen molar-refractivity contribution in [1.29, 1.82) is 0 Å². The molecule has 0 bridgehead atoms. The van der Waals surface area contributed by atoms with Gasteiger partial charge in [0.1, 0.15) is 0 Å². The molecule has 1 atom stereocenters. The van der Waals surface area contributed by atoms with Crippen molar-refractivity contribution in [2.45, 2.75) is 18.9 Å². The van der Waals surface area contributed by atoms with Crippen molar-refractivity contribution in [3.8, 4) is 11.5 Å². The van der Waals surface area contributed by atoms with Crippen molar-refractivity contribution in [3.63, 3.8) is 0 Å². The van der Waals surface area contributed by atoms with Gasteiger partial charge in [0.05, 0.1) is 17.5 Å². The van der Waals surface area contributed by atoms with E-state index in [1.807, 2.05) is 0 Å². The van der Waals surface area contributed by atoms with Gasteiger partial charge in [-0.1, -0.05) is 41.6 Å². The number of benzene rings is 2. The number of aromatic nitrogens is 2. The largest absolute Gasteiger partial charge is 0.481 e. The first-order chi connectivity index (χ1) is 13.3. The molecular weight excluding hydrogens is 372 g/mol. The Morgan fingerprint density at radius 1 is 1.14 bits per heavy atom. The first-order valence-electron chi connectivity index (χ1n) is 8.18. The average molecular weight is 387 g/mol. The maximum Gasteiger partial charge on any atom is 0.306 e.